The molecule has 2 atom stereocenters. The minimum atomic E-state index is -0.965. The van der Waals surface area contributed by atoms with Gasteiger partial charge in [-0.25, -0.2) is 4.79 Å². The van der Waals surface area contributed by atoms with Crippen LogP contribution in [0.3, 0.4) is 0 Å². The summed E-state index contributed by atoms with van der Waals surface area (Å²) in [5, 5.41) is 14.5. The largest absolute Gasteiger partial charge is 0.478 e. The summed E-state index contributed by atoms with van der Waals surface area (Å²) in [7, 11) is 0. The molecule has 0 saturated carbocycles. The SMILES string of the molecule is Cc1cc([C@@H]2[C@@H](c3ccccn3)NC(=S)N2c2ccc(Cl)cc2)c(C)n1-c1ccccc1C(=O)O. The number of carboxylic acid groups (broad SMARTS) is 1. The van der Waals surface area contributed by atoms with E-state index in [0.29, 0.717) is 15.8 Å². The zero-order valence-electron chi connectivity index (χ0n) is 19.1. The number of aromatic nitrogens is 2. The number of carboxylic acids is 1. The number of nitrogens with zero attached hydrogens (tertiary/aromatic N) is 3. The molecule has 1 aliphatic rings. The lowest BCUT2D eigenvalue weighted by molar-refractivity contribution is 0.0697. The number of aryl methyl sites for hydroxylation is 1. The van der Waals surface area contributed by atoms with Crippen LogP contribution < -0.4 is 10.2 Å². The van der Waals surface area contributed by atoms with Gasteiger partial charge >= 0.3 is 5.97 Å². The van der Waals surface area contributed by atoms with Gasteiger partial charge in [-0.3, -0.25) is 4.98 Å². The van der Waals surface area contributed by atoms with Gasteiger partial charge in [0.05, 0.1) is 29.0 Å². The topological polar surface area (TPSA) is 70.4 Å². The lowest BCUT2D eigenvalue weighted by atomic mass is 9.96. The normalized spacial score (nSPS) is 17.5. The van der Waals surface area contributed by atoms with Gasteiger partial charge in [0.25, 0.3) is 0 Å². The Morgan fingerprint density at radius 3 is 2.46 bits per heavy atom. The van der Waals surface area contributed by atoms with Gasteiger partial charge in [0.15, 0.2) is 5.11 Å². The molecule has 0 radical (unpaired) electrons. The summed E-state index contributed by atoms with van der Waals surface area (Å²) in [6, 6.07) is 22.1. The number of thiocarbonyl (C=S) groups is 1. The number of nitrogens with one attached hydrogen (secondary N) is 1. The fourth-order valence-corrected chi connectivity index (χ4v) is 5.33. The lowest BCUT2D eigenvalue weighted by Gasteiger charge is -2.28. The molecule has 5 rings (SSSR count). The Hall–Kier alpha value is -3.68. The fraction of sp³-hybridized carbons (Fsp3) is 0.148. The van der Waals surface area contributed by atoms with Crippen LogP contribution in [0.15, 0.2) is 79.0 Å². The molecule has 0 aliphatic carbocycles. The van der Waals surface area contributed by atoms with Crippen LogP contribution in [0.5, 0.6) is 0 Å². The minimum absolute atomic E-state index is 0.206. The first-order valence-electron chi connectivity index (χ1n) is 11.1. The van der Waals surface area contributed by atoms with Crippen LogP contribution in [-0.2, 0) is 0 Å². The highest BCUT2D eigenvalue weighted by molar-refractivity contribution is 7.80. The van der Waals surface area contributed by atoms with Crippen LogP contribution in [-0.4, -0.2) is 25.7 Å². The molecular formula is C27H23ClN4O2S. The Balaban J connectivity index is 1.70. The van der Waals surface area contributed by atoms with Gasteiger partial charge in [0.1, 0.15) is 0 Å². The average Bonchev–Trinajstić information content (AvgIpc) is 3.35. The van der Waals surface area contributed by atoms with Crippen molar-refractivity contribution >= 4 is 40.6 Å². The summed E-state index contributed by atoms with van der Waals surface area (Å²) in [5.41, 5.74) is 5.55. The molecule has 1 aliphatic heterocycles. The second-order valence-corrected chi connectivity index (χ2v) is 9.28. The molecule has 0 bridgehead atoms. The first-order valence-corrected chi connectivity index (χ1v) is 11.9. The van der Waals surface area contributed by atoms with Crippen molar-refractivity contribution in [3.05, 3.63) is 112 Å². The number of pyridine rings is 1. The quantitative estimate of drug-likeness (QED) is 0.325. The van der Waals surface area contributed by atoms with E-state index in [4.69, 9.17) is 23.8 Å². The third-order valence-corrected chi connectivity index (χ3v) is 6.93. The molecule has 1 saturated heterocycles. The van der Waals surface area contributed by atoms with Gasteiger partial charge in [-0.05, 0) is 86.2 Å². The summed E-state index contributed by atoms with van der Waals surface area (Å²) in [6.45, 7) is 4.00. The second-order valence-electron chi connectivity index (χ2n) is 8.46. The zero-order chi connectivity index (χ0) is 24.7. The molecule has 1 fully saturated rings. The lowest BCUT2D eigenvalue weighted by Crippen LogP contribution is -2.29. The summed E-state index contributed by atoms with van der Waals surface area (Å²) in [6.07, 6.45) is 1.77. The van der Waals surface area contributed by atoms with Crippen LogP contribution in [0.1, 0.15) is 45.1 Å². The van der Waals surface area contributed by atoms with Crippen molar-refractivity contribution in [2.45, 2.75) is 25.9 Å². The summed E-state index contributed by atoms with van der Waals surface area (Å²) in [5.74, 6) is -0.965. The van der Waals surface area contributed by atoms with E-state index in [1.54, 1.807) is 18.3 Å². The van der Waals surface area contributed by atoms with Crippen molar-refractivity contribution in [1.29, 1.82) is 0 Å². The Kier molecular flexibility index (Phi) is 6.05. The van der Waals surface area contributed by atoms with E-state index >= 15 is 0 Å². The van der Waals surface area contributed by atoms with Crippen LogP contribution in [0, 0.1) is 13.8 Å². The standard InChI is InChI=1S/C27H23ClN4O2S/c1-16-15-21(17(2)31(16)23-9-4-3-7-20(23)26(33)34)25-24(22-8-5-6-14-29-22)30-27(35)32(25)19-12-10-18(28)11-13-19/h3-15,24-25H,1-2H3,(H,30,35)(H,33,34)/t24-,25-/m1/s1. The highest BCUT2D eigenvalue weighted by atomic mass is 35.5. The molecule has 2 aromatic carbocycles. The number of para-hydroxylation sites is 1. The average molecular weight is 503 g/mol. The van der Waals surface area contributed by atoms with Crippen LogP contribution in [0.2, 0.25) is 5.02 Å². The molecule has 0 unspecified atom stereocenters. The number of halogens is 1. The van der Waals surface area contributed by atoms with Gasteiger partial charge in [0, 0.05) is 28.3 Å². The third kappa shape index (κ3) is 4.07. The minimum Gasteiger partial charge on any atom is -0.478 e. The highest BCUT2D eigenvalue weighted by Crippen LogP contribution is 2.44. The fourth-order valence-electron chi connectivity index (χ4n) is 4.86. The number of rotatable bonds is 5. The molecule has 0 spiro atoms. The van der Waals surface area contributed by atoms with Crippen molar-refractivity contribution in [3.63, 3.8) is 0 Å². The maximum Gasteiger partial charge on any atom is 0.337 e. The van der Waals surface area contributed by atoms with E-state index in [0.717, 1.165) is 28.3 Å². The second kappa shape index (κ2) is 9.17. The van der Waals surface area contributed by atoms with Gasteiger partial charge in [-0.2, -0.15) is 0 Å². The van der Waals surface area contributed by atoms with Crippen molar-refractivity contribution in [2.75, 3.05) is 4.90 Å². The molecule has 8 heteroatoms. The third-order valence-electron chi connectivity index (χ3n) is 6.37. The number of carbonyl (C=O) groups is 1. The van der Waals surface area contributed by atoms with E-state index in [9.17, 15) is 9.90 Å². The maximum atomic E-state index is 12.0. The first kappa shape index (κ1) is 23.1. The van der Waals surface area contributed by atoms with Gasteiger partial charge in [-0.15, -0.1) is 0 Å². The molecule has 35 heavy (non-hydrogen) atoms. The van der Waals surface area contributed by atoms with E-state index in [2.05, 4.69) is 21.3 Å². The number of hydrogen-bond donors (Lipinski definition) is 2. The highest BCUT2D eigenvalue weighted by Gasteiger charge is 2.42. The Morgan fingerprint density at radius 1 is 1.06 bits per heavy atom. The number of benzene rings is 2. The van der Waals surface area contributed by atoms with Gasteiger partial charge < -0.3 is 19.9 Å². The summed E-state index contributed by atoms with van der Waals surface area (Å²) in [4.78, 5) is 18.7. The molecule has 176 valence electrons. The Labute approximate surface area is 213 Å². The number of anilines is 1. The van der Waals surface area contributed by atoms with Crippen molar-refractivity contribution < 1.29 is 9.90 Å². The molecule has 2 N–H and O–H groups in total. The Morgan fingerprint density at radius 2 is 1.77 bits per heavy atom. The van der Waals surface area contributed by atoms with Crippen molar-refractivity contribution in [1.82, 2.24) is 14.9 Å². The molecular weight excluding hydrogens is 480 g/mol. The van der Waals surface area contributed by atoms with Crippen molar-refractivity contribution in [3.8, 4) is 5.69 Å². The van der Waals surface area contributed by atoms with E-state index in [1.807, 2.05) is 73.0 Å². The predicted octanol–water partition coefficient (Wildman–Crippen LogP) is 6.02. The van der Waals surface area contributed by atoms with Gasteiger partial charge in [0.2, 0.25) is 0 Å². The summed E-state index contributed by atoms with van der Waals surface area (Å²) >= 11 is 12.0. The van der Waals surface area contributed by atoms with Crippen LogP contribution in [0.4, 0.5) is 5.69 Å². The first-order chi connectivity index (χ1) is 16.9. The van der Waals surface area contributed by atoms with E-state index in [-0.39, 0.29) is 17.6 Å². The van der Waals surface area contributed by atoms with E-state index < -0.39 is 5.97 Å². The monoisotopic (exact) mass is 502 g/mol. The Bertz CT molecular complexity index is 1420. The van der Waals surface area contributed by atoms with Crippen LogP contribution >= 0.6 is 23.8 Å². The van der Waals surface area contributed by atoms with Gasteiger partial charge in [-0.1, -0.05) is 29.8 Å². The summed E-state index contributed by atoms with van der Waals surface area (Å²) < 4.78 is 2.00. The number of hydrogen-bond acceptors (Lipinski definition) is 3. The van der Waals surface area contributed by atoms with E-state index in [1.165, 1.54) is 0 Å². The molecule has 0 amide bonds. The van der Waals surface area contributed by atoms with Crippen LogP contribution in [0.25, 0.3) is 5.69 Å². The zero-order valence-corrected chi connectivity index (χ0v) is 20.7. The molecule has 3 heterocycles. The number of aromatic carboxylic acids is 1. The predicted molar refractivity (Wildman–Crippen MR) is 142 cm³/mol. The molecule has 4 aromatic rings. The smallest absolute Gasteiger partial charge is 0.337 e. The molecule has 2 aromatic heterocycles. The van der Waals surface area contributed by atoms with Crippen molar-refractivity contribution in [2.24, 2.45) is 0 Å². The maximum absolute atomic E-state index is 12.0. The molecule has 6 nitrogen and oxygen atoms in total.